The predicted molar refractivity (Wildman–Crippen MR) is 59.4 cm³/mol. The third kappa shape index (κ3) is 2.53. The molecule has 6 heteroatoms. The van der Waals surface area contributed by atoms with E-state index in [2.05, 4.69) is 0 Å². The third-order valence-electron chi connectivity index (χ3n) is 3.34. The summed E-state index contributed by atoms with van der Waals surface area (Å²) in [7, 11) is 0. The van der Waals surface area contributed by atoms with Crippen LogP contribution in [0.5, 0.6) is 0 Å². The van der Waals surface area contributed by atoms with Crippen molar-refractivity contribution >= 4 is 5.97 Å². The molecule has 1 aliphatic rings. The van der Waals surface area contributed by atoms with E-state index in [4.69, 9.17) is 9.52 Å². The second-order valence-electron chi connectivity index (χ2n) is 4.65. The lowest BCUT2D eigenvalue weighted by molar-refractivity contribution is -0.167. The number of likely N-dealkylation sites (tertiary alicyclic amines) is 1. The van der Waals surface area contributed by atoms with Gasteiger partial charge in [0.25, 0.3) is 5.92 Å². The summed E-state index contributed by atoms with van der Waals surface area (Å²) < 4.78 is 32.4. The van der Waals surface area contributed by atoms with Crippen molar-refractivity contribution in [3.63, 3.8) is 0 Å². The highest BCUT2D eigenvalue weighted by Gasteiger charge is 2.48. The van der Waals surface area contributed by atoms with Crippen LogP contribution >= 0.6 is 0 Å². The maximum atomic E-state index is 13.7. The van der Waals surface area contributed by atoms with Crippen molar-refractivity contribution in [2.45, 2.75) is 25.8 Å². The van der Waals surface area contributed by atoms with Crippen LogP contribution in [0.2, 0.25) is 0 Å². The lowest BCUT2D eigenvalue weighted by Crippen LogP contribution is -2.50. The number of halogens is 2. The van der Waals surface area contributed by atoms with Gasteiger partial charge in [-0.15, -0.1) is 0 Å². The average molecular weight is 259 g/mol. The van der Waals surface area contributed by atoms with Gasteiger partial charge in [0.2, 0.25) is 0 Å². The number of hydrogen-bond acceptors (Lipinski definition) is 3. The molecule has 1 aromatic rings. The smallest absolute Gasteiger partial charge is 0.312 e. The average Bonchev–Trinajstić information content (AvgIpc) is 2.62. The minimum Gasteiger partial charge on any atom is -0.481 e. The number of piperidine rings is 1. The standard InChI is InChI=1S/C12H15F2NO3/c1-8-9(3-5-18-8)6-15-4-2-10(11(16)17)12(13,14)7-15/h3,5,10H,2,4,6-7H2,1H3,(H,16,17). The first-order valence-electron chi connectivity index (χ1n) is 5.76. The molecule has 1 fully saturated rings. The summed E-state index contributed by atoms with van der Waals surface area (Å²) in [6, 6.07) is 1.75. The Morgan fingerprint density at radius 3 is 2.89 bits per heavy atom. The number of furan rings is 1. The van der Waals surface area contributed by atoms with Gasteiger partial charge in [-0.2, -0.15) is 0 Å². The number of hydrogen-bond donors (Lipinski definition) is 1. The fraction of sp³-hybridized carbons (Fsp3) is 0.583. The summed E-state index contributed by atoms with van der Waals surface area (Å²) in [5.41, 5.74) is 0.861. The van der Waals surface area contributed by atoms with Crippen LogP contribution in [0.25, 0.3) is 0 Å². The molecule has 0 aliphatic carbocycles. The van der Waals surface area contributed by atoms with Gasteiger partial charge in [0, 0.05) is 12.1 Å². The van der Waals surface area contributed by atoms with E-state index in [1.165, 1.54) is 6.26 Å². The fourth-order valence-corrected chi connectivity index (χ4v) is 2.27. The Bertz CT molecular complexity index is 444. The Hall–Kier alpha value is -1.43. The number of nitrogens with zero attached hydrogens (tertiary/aromatic N) is 1. The lowest BCUT2D eigenvalue weighted by Gasteiger charge is -2.36. The molecule has 0 aromatic carbocycles. The maximum Gasteiger partial charge on any atom is 0.312 e. The van der Waals surface area contributed by atoms with E-state index in [9.17, 15) is 13.6 Å². The first-order chi connectivity index (χ1) is 8.40. The summed E-state index contributed by atoms with van der Waals surface area (Å²) >= 11 is 0. The molecule has 100 valence electrons. The Morgan fingerprint density at radius 2 is 2.39 bits per heavy atom. The highest BCUT2D eigenvalue weighted by molar-refractivity contribution is 5.71. The van der Waals surface area contributed by atoms with Gasteiger partial charge in [-0.1, -0.05) is 0 Å². The predicted octanol–water partition coefficient (Wildman–Crippen LogP) is 2.13. The minimum atomic E-state index is -3.18. The molecule has 1 atom stereocenters. The van der Waals surface area contributed by atoms with Gasteiger partial charge in [-0.25, -0.2) is 8.78 Å². The monoisotopic (exact) mass is 259 g/mol. The van der Waals surface area contributed by atoms with E-state index in [-0.39, 0.29) is 6.42 Å². The third-order valence-corrected chi connectivity index (χ3v) is 3.34. The lowest BCUT2D eigenvalue weighted by atomic mass is 9.92. The molecule has 2 heterocycles. The summed E-state index contributed by atoms with van der Waals surface area (Å²) in [5.74, 6) is -5.46. The molecule has 0 amide bonds. The van der Waals surface area contributed by atoms with Gasteiger partial charge in [-0.3, -0.25) is 9.69 Å². The van der Waals surface area contributed by atoms with Crippen molar-refractivity contribution in [1.29, 1.82) is 0 Å². The molecule has 1 N–H and O–H groups in total. The Kier molecular flexibility index (Phi) is 3.38. The Labute approximate surface area is 103 Å². The zero-order valence-corrected chi connectivity index (χ0v) is 10.0. The van der Waals surface area contributed by atoms with Gasteiger partial charge >= 0.3 is 5.97 Å². The van der Waals surface area contributed by atoms with Gasteiger partial charge in [-0.05, 0) is 26.0 Å². The van der Waals surface area contributed by atoms with Crippen molar-refractivity contribution in [3.8, 4) is 0 Å². The number of carboxylic acids is 1. The molecule has 18 heavy (non-hydrogen) atoms. The number of alkyl halides is 2. The van der Waals surface area contributed by atoms with E-state index in [1.807, 2.05) is 0 Å². The summed E-state index contributed by atoms with van der Waals surface area (Å²) in [6.45, 7) is 1.98. The van der Waals surface area contributed by atoms with Gasteiger partial charge in [0.05, 0.1) is 12.8 Å². The number of rotatable bonds is 3. The van der Waals surface area contributed by atoms with Crippen molar-refractivity contribution < 1.29 is 23.1 Å². The highest BCUT2D eigenvalue weighted by Crippen LogP contribution is 2.33. The molecule has 1 unspecified atom stereocenters. The normalized spacial score (nSPS) is 24.1. The van der Waals surface area contributed by atoms with Crippen LogP contribution in [0.4, 0.5) is 8.78 Å². The second kappa shape index (κ2) is 4.68. The van der Waals surface area contributed by atoms with Gasteiger partial charge in [0.15, 0.2) is 0 Å². The maximum absolute atomic E-state index is 13.7. The van der Waals surface area contributed by atoms with Crippen LogP contribution in [-0.4, -0.2) is 35.0 Å². The minimum absolute atomic E-state index is 0.0285. The molecule has 2 rings (SSSR count). The molecule has 0 radical (unpaired) electrons. The van der Waals surface area contributed by atoms with E-state index in [1.54, 1.807) is 17.9 Å². The zero-order chi connectivity index (χ0) is 13.3. The molecular formula is C12H15F2NO3. The molecular weight excluding hydrogens is 244 g/mol. The topological polar surface area (TPSA) is 53.7 Å². The van der Waals surface area contributed by atoms with Crippen LogP contribution in [0.1, 0.15) is 17.7 Å². The molecule has 0 bridgehead atoms. The molecule has 1 aromatic heterocycles. The zero-order valence-electron chi connectivity index (χ0n) is 10.0. The van der Waals surface area contributed by atoms with Crippen molar-refractivity contribution in [3.05, 3.63) is 23.7 Å². The van der Waals surface area contributed by atoms with Crippen LogP contribution < -0.4 is 0 Å². The van der Waals surface area contributed by atoms with Gasteiger partial charge in [0.1, 0.15) is 11.7 Å². The van der Waals surface area contributed by atoms with Gasteiger partial charge < -0.3 is 9.52 Å². The first-order valence-corrected chi connectivity index (χ1v) is 5.76. The van der Waals surface area contributed by atoms with E-state index < -0.39 is 24.4 Å². The Balaban J connectivity index is 2.03. The fourth-order valence-electron chi connectivity index (χ4n) is 2.27. The molecule has 4 nitrogen and oxygen atoms in total. The van der Waals surface area contributed by atoms with Crippen LogP contribution in [-0.2, 0) is 11.3 Å². The highest BCUT2D eigenvalue weighted by atomic mass is 19.3. The van der Waals surface area contributed by atoms with E-state index >= 15 is 0 Å². The number of aliphatic carboxylic acids is 1. The molecule has 0 spiro atoms. The molecule has 1 aliphatic heterocycles. The number of aryl methyl sites for hydroxylation is 1. The van der Waals surface area contributed by atoms with Crippen molar-refractivity contribution in [2.75, 3.05) is 13.1 Å². The van der Waals surface area contributed by atoms with Crippen LogP contribution in [0.15, 0.2) is 16.7 Å². The van der Waals surface area contributed by atoms with Crippen LogP contribution in [0.3, 0.4) is 0 Å². The van der Waals surface area contributed by atoms with Crippen molar-refractivity contribution in [1.82, 2.24) is 4.90 Å². The second-order valence-corrected chi connectivity index (χ2v) is 4.65. The SMILES string of the molecule is Cc1occc1CN1CCC(C(=O)O)C(F)(F)C1. The largest absolute Gasteiger partial charge is 0.481 e. The van der Waals surface area contributed by atoms with E-state index in [0.29, 0.717) is 18.8 Å². The number of carbonyl (C=O) groups is 1. The molecule has 0 saturated carbocycles. The number of carboxylic acid groups (broad SMARTS) is 1. The quantitative estimate of drug-likeness (QED) is 0.903. The molecule has 1 saturated heterocycles. The Morgan fingerprint density at radius 1 is 1.67 bits per heavy atom. The summed E-state index contributed by atoms with van der Waals surface area (Å²) in [5, 5.41) is 8.75. The summed E-state index contributed by atoms with van der Waals surface area (Å²) in [4.78, 5) is 12.3. The van der Waals surface area contributed by atoms with Crippen LogP contribution in [0, 0.1) is 12.8 Å². The van der Waals surface area contributed by atoms with Crippen molar-refractivity contribution in [2.24, 2.45) is 5.92 Å². The summed E-state index contributed by atoms with van der Waals surface area (Å²) in [6.07, 6.45) is 1.49. The van der Waals surface area contributed by atoms with E-state index in [0.717, 1.165) is 5.56 Å². The first kappa shape index (κ1) is 13.0.